The molecule has 7 heteroatoms. The molecule has 0 bridgehead atoms. The van der Waals surface area contributed by atoms with Crippen molar-refractivity contribution < 1.29 is 22.3 Å². The van der Waals surface area contributed by atoms with E-state index in [0.717, 1.165) is 6.07 Å². The summed E-state index contributed by atoms with van der Waals surface area (Å²) in [7, 11) is -2.12. The summed E-state index contributed by atoms with van der Waals surface area (Å²) in [6.45, 7) is 1.82. The van der Waals surface area contributed by atoms with E-state index in [0.29, 0.717) is 17.1 Å². The molecule has 0 unspecified atom stereocenters. The van der Waals surface area contributed by atoms with Crippen LogP contribution < -0.4 is 14.2 Å². The third-order valence-corrected chi connectivity index (χ3v) is 4.77. The third-order valence-electron chi connectivity index (χ3n) is 3.15. The fourth-order valence-electron chi connectivity index (χ4n) is 2.01. The maximum absolute atomic E-state index is 13.0. The molecule has 5 nitrogen and oxygen atoms in total. The molecule has 0 saturated heterocycles. The molecule has 2 aromatic rings. The monoisotopic (exact) mass is 339 g/mol. The smallest absolute Gasteiger partial charge is 0.240 e. The van der Waals surface area contributed by atoms with E-state index in [1.165, 1.54) is 12.1 Å². The highest BCUT2D eigenvalue weighted by Gasteiger charge is 2.16. The highest BCUT2D eigenvalue weighted by atomic mass is 32.2. The summed E-state index contributed by atoms with van der Waals surface area (Å²) in [5.41, 5.74) is 0.355. The molecule has 0 amide bonds. The molecular formula is C16H18FNO4S. The van der Waals surface area contributed by atoms with Gasteiger partial charge in [-0.05, 0) is 55.0 Å². The Labute approximate surface area is 135 Å². The first kappa shape index (κ1) is 17.2. The lowest BCUT2D eigenvalue weighted by Gasteiger charge is -2.10. The Hall–Kier alpha value is -2.12. The standard InChI is InChI=1S/C16H18FNO4S/c1-12-11-13(17)3-8-16(12)23(19,20)18-9-10-22-15-6-4-14(21-2)5-7-15/h3-8,11,18H,9-10H2,1-2H3. The van der Waals surface area contributed by atoms with Crippen LogP contribution in [-0.2, 0) is 10.0 Å². The number of nitrogens with one attached hydrogen (secondary N) is 1. The van der Waals surface area contributed by atoms with Crippen molar-refractivity contribution in [3.8, 4) is 11.5 Å². The molecule has 0 atom stereocenters. The van der Waals surface area contributed by atoms with Crippen molar-refractivity contribution >= 4 is 10.0 Å². The number of aryl methyl sites for hydroxylation is 1. The van der Waals surface area contributed by atoms with Gasteiger partial charge >= 0.3 is 0 Å². The van der Waals surface area contributed by atoms with Gasteiger partial charge in [0, 0.05) is 6.54 Å². The van der Waals surface area contributed by atoms with Crippen LogP contribution in [0.5, 0.6) is 11.5 Å². The summed E-state index contributed by atoms with van der Waals surface area (Å²) in [4.78, 5) is 0.0587. The summed E-state index contributed by atoms with van der Waals surface area (Å²) in [6.07, 6.45) is 0. The molecule has 124 valence electrons. The number of ether oxygens (including phenoxy) is 2. The van der Waals surface area contributed by atoms with Crippen molar-refractivity contribution in [1.82, 2.24) is 4.72 Å². The fraction of sp³-hybridized carbons (Fsp3) is 0.250. The lowest BCUT2D eigenvalue weighted by atomic mass is 10.2. The summed E-state index contributed by atoms with van der Waals surface area (Å²) in [5, 5.41) is 0. The van der Waals surface area contributed by atoms with E-state index in [9.17, 15) is 12.8 Å². The average molecular weight is 339 g/mol. The van der Waals surface area contributed by atoms with Crippen LogP contribution in [0.3, 0.4) is 0 Å². The van der Waals surface area contributed by atoms with Gasteiger partial charge in [-0.3, -0.25) is 0 Å². The first-order valence-corrected chi connectivity index (χ1v) is 8.43. The largest absolute Gasteiger partial charge is 0.497 e. The van der Waals surface area contributed by atoms with E-state index >= 15 is 0 Å². The average Bonchev–Trinajstić information content (AvgIpc) is 2.52. The van der Waals surface area contributed by atoms with Gasteiger partial charge in [-0.15, -0.1) is 0 Å². The predicted octanol–water partition coefficient (Wildman–Crippen LogP) is 2.50. The van der Waals surface area contributed by atoms with Gasteiger partial charge in [0.15, 0.2) is 0 Å². The predicted molar refractivity (Wildman–Crippen MR) is 84.8 cm³/mol. The van der Waals surface area contributed by atoms with E-state index in [-0.39, 0.29) is 18.0 Å². The first-order chi connectivity index (χ1) is 10.9. The molecule has 2 rings (SSSR count). The quantitative estimate of drug-likeness (QED) is 0.787. The van der Waals surface area contributed by atoms with Crippen molar-refractivity contribution in [2.75, 3.05) is 20.3 Å². The van der Waals surface area contributed by atoms with Crippen LogP contribution >= 0.6 is 0 Å². The minimum atomic E-state index is -3.69. The Balaban J connectivity index is 1.89. The van der Waals surface area contributed by atoms with Gasteiger partial charge in [-0.1, -0.05) is 0 Å². The molecule has 0 heterocycles. The Bertz CT molecular complexity index is 760. The Morgan fingerprint density at radius 3 is 2.35 bits per heavy atom. The summed E-state index contributed by atoms with van der Waals surface area (Å²) in [5.74, 6) is 0.858. The van der Waals surface area contributed by atoms with Gasteiger partial charge < -0.3 is 9.47 Å². The van der Waals surface area contributed by atoms with E-state index in [2.05, 4.69) is 4.72 Å². The second-order valence-electron chi connectivity index (χ2n) is 4.83. The minimum absolute atomic E-state index is 0.0587. The van der Waals surface area contributed by atoms with Gasteiger partial charge in [-0.2, -0.15) is 0 Å². The summed E-state index contributed by atoms with van der Waals surface area (Å²) in [6, 6.07) is 10.5. The van der Waals surface area contributed by atoms with Crippen LogP contribution in [0.2, 0.25) is 0 Å². The zero-order valence-electron chi connectivity index (χ0n) is 12.9. The summed E-state index contributed by atoms with van der Waals surface area (Å²) >= 11 is 0. The van der Waals surface area contributed by atoms with Crippen molar-refractivity contribution in [3.05, 3.63) is 53.8 Å². The molecule has 0 aliphatic rings. The Morgan fingerprint density at radius 1 is 1.09 bits per heavy atom. The van der Waals surface area contributed by atoms with Gasteiger partial charge in [0.05, 0.1) is 12.0 Å². The van der Waals surface area contributed by atoms with Crippen LogP contribution in [-0.4, -0.2) is 28.7 Å². The fourth-order valence-corrected chi connectivity index (χ4v) is 3.25. The highest BCUT2D eigenvalue weighted by Crippen LogP contribution is 2.17. The molecule has 0 aliphatic carbocycles. The first-order valence-electron chi connectivity index (χ1n) is 6.95. The van der Waals surface area contributed by atoms with Crippen LogP contribution in [0, 0.1) is 12.7 Å². The van der Waals surface area contributed by atoms with Crippen molar-refractivity contribution in [2.45, 2.75) is 11.8 Å². The maximum Gasteiger partial charge on any atom is 0.240 e. The van der Waals surface area contributed by atoms with Crippen LogP contribution in [0.1, 0.15) is 5.56 Å². The Kier molecular flexibility index (Phi) is 5.57. The van der Waals surface area contributed by atoms with Crippen LogP contribution in [0.4, 0.5) is 4.39 Å². The molecule has 1 N–H and O–H groups in total. The van der Waals surface area contributed by atoms with Gasteiger partial charge in [0.1, 0.15) is 23.9 Å². The van der Waals surface area contributed by atoms with Crippen LogP contribution in [0.15, 0.2) is 47.4 Å². The van der Waals surface area contributed by atoms with E-state index in [4.69, 9.17) is 9.47 Å². The molecule has 0 saturated carbocycles. The van der Waals surface area contributed by atoms with E-state index in [1.54, 1.807) is 38.3 Å². The topological polar surface area (TPSA) is 64.6 Å². The van der Waals surface area contributed by atoms with Gasteiger partial charge in [0.2, 0.25) is 10.0 Å². The van der Waals surface area contributed by atoms with Gasteiger partial charge in [-0.25, -0.2) is 17.5 Å². The molecule has 0 fully saturated rings. The highest BCUT2D eigenvalue weighted by molar-refractivity contribution is 7.89. The van der Waals surface area contributed by atoms with Crippen molar-refractivity contribution in [1.29, 1.82) is 0 Å². The molecule has 0 radical (unpaired) electrons. The molecule has 23 heavy (non-hydrogen) atoms. The number of methoxy groups -OCH3 is 1. The number of halogens is 1. The second-order valence-corrected chi connectivity index (χ2v) is 6.57. The van der Waals surface area contributed by atoms with E-state index < -0.39 is 15.8 Å². The van der Waals surface area contributed by atoms with Crippen molar-refractivity contribution in [2.24, 2.45) is 0 Å². The number of hydrogen-bond donors (Lipinski definition) is 1. The SMILES string of the molecule is COc1ccc(OCCNS(=O)(=O)c2ccc(F)cc2C)cc1. The second kappa shape index (κ2) is 7.43. The number of sulfonamides is 1. The Morgan fingerprint density at radius 2 is 1.74 bits per heavy atom. The number of benzene rings is 2. The number of rotatable bonds is 7. The summed E-state index contributed by atoms with van der Waals surface area (Å²) < 4.78 is 50.3. The van der Waals surface area contributed by atoms with Crippen molar-refractivity contribution in [3.63, 3.8) is 0 Å². The zero-order chi connectivity index (χ0) is 16.9. The van der Waals surface area contributed by atoms with E-state index in [1.807, 2.05) is 0 Å². The minimum Gasteiger partial charge on any atom is -0.497 e. The molecule has 0 aromatic heterocycles. The van der Waals surface area contributed by atoms with Gasteiger partial charge in [0.25, 0.3) is 0 Å². The molecular weight excluding hydrogens is 321 g/mol. The number of hydrogen-bond acceptors (Lipinski definition) is 4. The molecule has 0 aliphatic heterocycles. The maximum atomic E-state index is 13.0. The van der Waals surface area contributed by atoms with Crippen LogP contribution in [0.25, 0.3) is 0 Å². The molecule has 0 spiro atoms. The third kappa shape index (κ3) is 4.67. The zero-order valence-corrected chi connectivity index (χ0v) is 13.7. The lowest BCUT2D eigenvalue weighted by molar-refractivity contribution is 0.322. The normalized spacial score (nSPS) is 11.3. The lowest BCUT2D eigenvalue weighted by Crippen LogP contribution is -2.28. The molecule has 2 aromatic carbocycles.